The number of hydrogen-bond donors (Lipinski definition) is 0. The van der Waals surface area contributed by atoms with Crippen molar-refractivity contribution in [1.82, 2.24) is 23.9 Å². The van der Waals surface area contributed by atoms with E-state index in [1.54, 1.807) is 6.20 Å². The van der Waals surface area contributed by atoms with Gasteiger partial charge in [-0.05, 0) is 40.7 Å². The molecule has 4 heterocycles. The van der Waals surface area contributed by atoms with Crippen molar-refractivity contribution in [2.45, 2.75) is 0 Å². The Morgan fingerprint density at radius 1 is 0.615 bits per heavy atom. The Hall–Kier alpha value is -4.54. The topological polar surface area (TPSA) is 40.6 Å². The van der Waals surface area contributed by atoms with E-state index in [1.165, 1.54) is 18.3 Å². The fraction of sp³-hybridized carbons (Fsp3) is 0. The first-order valence-electron chi connectivity index (χ1n) is 12.3. The molecule has 0 N–H and O–H groups in total. The van der Waals surface area contributed by atoms with Crippen molar-refractivity contribution in [2.75, 3.05) is 0 Å². The van der Waals surface area contributed by atoms with Gasteiger partial charge in [0.25, 0.3) is 0 Å². The van der Waals surface area contributed by atoms with Crippen LogP contribution in [0.5, 0.6) is 0 Å². The van der Waals surface area contributed by atoms with Crippen molar-refractivity contribution in [3.05, 3.63) is 128 Å². The van der Waals surface area contributed by atoms with Crippen LogP contribution in [0.2, 0.25) is 0 Å². The summed E-state index contributed by atoms with van der Waals surface area (Å²) in [5.41, 5.74) is 5.48. The standard InChI is InChI=1S/C32H18FN5.Pt/c33-21-14-16-34-32(18-21)38-29-9-4-2-7-25(29)27-13-11-23(20-31(27)38)37-28-8-3-1-6-24(28)26-12-10-22(19-30(26)37)36-17-5-15-35-36;/h1-18H;/q-2;+4. The van der Waals surface area contributed by atoms with Crippen LogP contribution in [-0.4, -0.2) is 23.9 Å². The van der Waals surface area contributed by atoms with E-state index in [2.05, 4.69) is 63.2 Å². The third-order valence-electron chi connectivity index (χ3n) is 7.07. The molecule has 5 nitrogen and oxygen atoms in total. The second-order valence-corrected chi connectivity index (χ2v) is 9.20. The third-order valence-corrected chi connectivity index (χ3v) is 7.07. The molecular formula is C32H18FN5Pt+2. The molecule has 0 spiro atoms. The summed E-state index contributed by atoms with van der Waals surface area (Å²) in [5.74, 6) is 0.180. The van der Waals surface area contributed by atoms with Gasteiger partial charge < -0.3 is 9.13 Å². The molecule has 0 aliphatic heterocycles. The first-order chi connectivity index (χ1) is 18.8. The summed E-state index contributed by atoms with van der Waals surface area (Å²) in [6.45, 7) is 0. The molecule has 39 heavy (non-hydrogen) atoms. The van der Waals surface area contributed by atoms with Crippen LogP contribution in [0.4, 0.5) is 4.39 Å². The van der Waals surface area contributed by atoms with Gasteiger partial charge in [0.05, 0.1) is 0 Å². The second kappa shape index (κ2) is 9.04. The monoisotopic (exact) mass is 686 g/mol. The Bertz CT molecular complexity index is 2160. The smallest absolute Gasteiger partial charge is 0.358 e. The van der Waals surface area contributed by atoms with Crippen molar-refractivity contribution < 1.29 is 25.5 Å². The maximum Gasteiger partial charge on any atom is 4.00 e. The third kappa shape index (κ3) is 3.56. The number of para-hydroxylation sites is 2. The summed E-state index contributed by atoms with van der Waals surface area (Å²) in [5, 5.41) is 8.71. The molecule has 186 valence electrons. The van der Waals surface area contributed by atoms with E-state index in [9.17, 15) is 4.39 Å². The van der Waals surface area contributed by atoms with E-state index in [0.717, 1.165) is 55.0 Å². The average Bonchev–Trinajstić information content (AvgIpc) is 3.67. The van der Waals surface area contributed by atoms with Crippen LogP contribution in [0.25, 0.3) is 60.8 Å². The summed E-state index contributed by atoms with van der Waals surface area (Å²) in [6, 6.07) is 36.7. The van der Waals surface area contributed by atoms with Crippen molar-refractivity contribution in [2.24, 2.45) is 0 Å². The molecule has 0 radical (unpaired) electrons. The fourth-order valence-electron chi connectivity index (χ4n) is 5.44. The molecule has 0 aliphatic carbocycles. The molecule has 4 aromatic heterocycles. The van der Waals surface area contributed by atoms with Crippen molar-refractivity contribution >= 4 is 43.6 Å². The molecule has 8 rings (SSSR count). The average molecular weight is 687 g/mol. The number of hydrogen-bond acceptors (Lipinski definition) is 2. The van der Waals surface area contributed by atoms with Gasteiger partial charge in [-0.2, -0.15) is 17.2 Å². The molecule has 0 amide bonds. The van der Waals surface area contributed by atoms with Gasteiger partial charge in [0, 0.05) is 35.7 Å². The fourth-order valence-corrected chi connectivity index (χ4v) is 5.44. The maximum absolute atomic E-state index is 14.3. The zero-order chi connectivity index (χ0) is 25.2. The van der Waals surface area contributed by atoms with Gasteiger partial charge in [0.15, 0.2) is 0 Å². The molecule has 0 bridgehead atoms. The molecule has 7 heteroatoms. The van der Waals surface area contributed by atoms with Crippen molar-refractivity contribution in [3.63, 3.8) is 0 Å². The largest absolute Gasteiger partial charge is 4.00 e. The molecule has 0 fully saturated rings. The van der Waals surface area contributed by atoms with Gasteiger partial charge in [0.1, 0.15) is 11.6 Å². The first kappa shape index (κ1) is 23.6. The number of rotatable bonds is 3. The van der Waals surface area contributed by atoms with E-state index >= 15 is 0 Å². The van der Waals surface area contributed by atoms with E-state index < -0.39 is 0 Å². The van der Waals surface area contributed by atoms with Gasteiger partial charge in [0.2, 0.25) is 0 Å². The van der Waals surface area contributed by atoms with Gasteiger partial charge in [-0.15, -0.1) is 35.0 Å². The zero-order valence-corrected chi connectivity index (χ0v) is 22.6. The number of aromatic nitrogens is 5. The molecule has 0 atom stereocenters. The Morgan fingerprint density at radius 3 is 1.95 bits per heavy atom. The first-order valence-corrected chi connectivity index (χ1v) is 12.3. The summed E-state index contributed by atoms with van der Waals surface area (Å²) in [7, 11) is 0. The molecule has 0 unspecified atom stereocenters. The van der Waals surface area contributed by atoms with E-state index in [4.69, 9.17) is 0 Å². The van der Waals surface area contributed by atoms with Crippen LogP contribution in [0.1, 0.15) is 0 Å². The molecule has 0 aliphatic rings. The van der Waals surface area contributed by atoms with Crippen LogP contribution in [0, 0.1) is 17.9 Å². The van der Waals surface area contributed by atoms with E-state index in [-0.39, 0.29) is 26.9 Å². The van der Waals surface area contributed by atoms with Crippen molar-refractivity contribution in [3.8, 4) is 17.2 Å². The summed E-state index contributed by atoms with van der Waals surface area (Å²) < 4.78 is 20.2. The molecule has 8 aromatic rings. The van der Waals surface area contributed by atoms with Gasteiger partial charge in [-0.3, -0.25) is 4.68 Å². The minimum Gasteiger partial charge on any atom is -0.358 e. The minimum atomic E-state index is -0.333. The normalized spacial score (nSPS) is 11.5. The summed E-state index contributed by atoms with van der Waals surface area (Å²) >= 11 is 0. The number of benzene rings is 4. The molecule has 4 aromatic carbocycles. The Kier molecular flexibility index (Phi) is 5.46. The number of fused-ring (bicyclic) bond motifs is 6. The minimum absolute atomic E-state index is 0. The van der Waals surface area contributed by atoms with Crippen LogP contribution in [-0.2, 0) is 21.1 Å². The number of nitrogens with zero attached hydrogens (tertiary/aromatic N) is 5. The predicted molar refractivity (Wildman–Crippen MR) is 148 cm³/mol. The van der Waals surface area contributed by atoms with Crippen LogP contribution in [0.3, 0.4) is 0 Å². The van der Waals surface area contributed by atoms with Gasteiger partial charge in [-0.1, -0.05) is 53.1 Å². The van der Waals surface area contributed by atoms with Gasteiger partial charge >= 0.3 is 21.1 Å². The maximum atomic E-state index is 14.3. The van der Waals surface area contributed by atoms with E-state index in [1.807, 2.05) is 57.9 Å². The number of halogens is 1. The van der Waals surface area contributed by atoms with Crippen LogP contribution >= 0.6 is 0 Å². The molecule has 0 saturated carbocycles. The number of pyridine rings is 1. The van der Waals surface area contributed by atoms with Gasteiger partial charge in [-0.25, -0.2) is 9.37 Å². The Balaban J connectivity index is 0.00000253. The quantitative estimate of drug-likeness (QED) is 0.185. The Labute approximate surface area is 237 Å². The SMILES string of the molecule is Fc1ccnc(-n2c3[c-]c(-n4c5[c-]c(-n6cccn6)ccc5c5ccccc54)ccc3c3ccccc32)c1.[Pt+4]. The predicted octanol–water partition coefficient (Wildman–Crippen LogP) is 7.20. The summed E-state index contributed by atoms with van der Waals surface area (Å²) in [6.07, 6.45) is 5.16. The molecule has 0 saturated heterocycles. The van der Waals surface area contributed by atoms with E-state index in [0.29, 0.717) is 5.82 Å². The molecular weight excluding hydrogens is 668 g/mol. The summed E-state index contributed by atoms with van der Waals surface area (Å²) in [4.78, 5) is 4.49. The van der Waals surface area contributed by atoms with Crippen molar-refractivity contribution in [1.29, 1.82) is 0 Å². The second-order valence-electron chi connectivity index (χ2n) is 9.20. The van der Waals surface area contributed by atoms with Crippen LogP contribution < -0.4 is 0 Å². The zero-order valence-electron chi connectivity index (χ0n) is 20.3. The van der Waals surface area contributed by atoms with Crippen LogP contribution in [0.15, 0.2) is 110 Å². The Morgan fingerprint density at radius 2 is 1.26 bits per heavy atom.